The predicted octanol–water partition coefficient (Wildman–Crippen LogP) is 2.60. The number of rotatable bonds is 2. The molecule has 1 aliphatic heterocycles. The first kappa shape index (κ1) is 14.5. The third-order valence-electron chi connectivity index (χ3n) is 4.01. The average molecular weight is 271 g/mol. The van der Waals surface area contributed by atoms with Crippen molar-refractivity contribution in [1.82, 2.24) is 4.90 Å². The lowest BCUT2D eigenvalue weighted by atomic mass is 9.83. The smallest absolute Gasteiger partial charge is 0.248 e. The molecular formula is C16H21N3O. The van der Waals surface area contributed by atoms with Gasteiger partial charge in [0.2, 0.25) is 5.91 Å². The molecule has 0 aromatic carbocycles. The summed E-state index contributed by atoms with van der Waals surface area (Å²) in [5.74, 6) is 0.0611. The number of carbonyl (C=O) groups is 1. The van der Waals surface area contributed by atoms with E-state index in [1.54, 1.807) is 18.4 Å². The van der Waals surface area contributed by atoms with Crippen molar-refractivity contribution in [3.8, 4) is 6.07 Å². The van der Waals surface area contributed by atoms with Gasteiger partial charge in [-0.05, 0) is 43.4 Å². The zero-order valence-corrected chi connectivity index (χ0v) is 11.9. The quantitative estimate of drug-likeness (QED) is 0.839. The third kappa shape index (κ3) is 3.17. The highest BCUT2D eigenvalue weighted by molar-refractivity contribution is 5.85. The molecule has 2 N–H and O–H groups in total. The first-order valence-electron chi connectivity index (χ1n) is 7.19. The summed E-state index contributed by atoms with van der Waals surface area (Å²) in [5, 5.41) is 9.23. The molecule has 1 amide bonds. The number of amides is 1. The summed E-state index contributed by atoms with van der Waals surface area (Å²) in [7, 11) is 0. The second-order valence-electron chi connectivity index (χ2n) is 5.53. The van der Waals surface area contributed by atoms with Crippen molar-refractivity contribution in [3.05, 3.63) is 35.7 Å². The van der Waals surface area contributed by atoms with Crippen molar-refractivity contribution >= 4 is 5.91 Å². The number of nitriles is 1. The largest absolute Gasteiger partial charge is 0.320 e. The van der Waals surface area contributed by atoms with Crippen LogP contribution < -0.4 is 5.73 Å². The van der Waals surface area contributed by atoms with Crippen molar-refractivity contribution < 1.29 is 4.79 Å². The summed E-state index contributed by atoms with van der Waals surface area (Å²) < 4.78 is 0. The molecule has 1 saturated carbocycles. The van der Waals surface area contributed by atoms with Crippen molar-refractivity contribution in [2.24, 2.45) is 11.7 Å². The first-order valence-corrected chi connectivity index (χ1v) is 7.19. The molecule has 4 nitrogen and oxygen atoms in total. The minimum absolute atomic E-state index is 0.177. The van der Waals surface area contributed by atoms with E-state index in [2.05, 4.69) is 6.07 Å². The Hall–Kier alpha value is -1.86. The minimum Gasteiger partial charge on any atom is -0.320 e. The van der Waals surface area contributed by atoms with Gasteiger partial charge in [-0.25, -0.2) is 0 Å². The van der Waals surface area contributed by atoms with Crippen molar-refractivity contribution in [2.75, 3.05) is 0 Å². The van der Waals surface area contributed by atoms with Gasteiger partial charge in [0.25, 0.3) is 0 Å². The number of nitrogens with two attached hydrogens (primary N) is 1. The first-order chi connectivity index (χ1) is 9.63. The van der Waals surface area contributed by atoms with E-state index >= 15 is 0 Å². The molecule has 0 saturated heterocycles. The van der Waals surface area contributed by atoms with Crippen LogP contribution in [0.2, 0.25) is 0 Å². The Kier molecular flexibility index (Phi) is 4.75. The molecule has 20 heavy (non-hydrogen) atoms. The van der Waals surface area contributed by atoms with Gasteiger partial charge in [0, 0.05) is 6.20 Å². The van der Waals surface area contributed by atoms with E-state index in [4.69, 9.17) is 5.73 Å². The highest BCUT2D eigenvalue weighted by Crippen LogP contribution is 2.27. The molecule has 106 valence electrons. The lowest BCUT2D eigenvalue weighted by Gasteiger charge is -2.29. The molecule has 0 radical (unpaired) electrons. The van der Waals surface area contributed by atoms with E-state index in [1.165, 1.54) is 11.3 Å². The van der Waals surface area contributed by atoms with Gasteiger partial charge >= 0.3 is 0 Å². The summed E-state index contributed by atoms with van der Waals surface area (Å²) in [5.41, 5.74) is 7.43. The predicted molar refractivity (Wildman–Crippen MR) is 78.0 cm³/mol. The summed E-state index contributed by atoms with van der Waals surface area (Å²) >= 11 is 0. The van der Waals surface area contributed by atoms with Gasteiger partial charge in [-0.1, -0.05) is 25.3 Å². The Morgan fingerprint density at radius 3 is 2.80 bits per heavy atom. The molecule has 4 heteroatoms. The maximum atomic E-state index is 12.6. The van der Waals surface area contributed by atoms with Gasteiger partial charge in [0.1, 0.15) is 11.8 Å². The lowest BCUT2D eigenvalue weighted by molar-refractivity contribution is -0.129. The van der Waals surface area contributed by atoms with E-state index < -0.39 is 6.04 Å². The summed E-state index contributed by atoms with van der Waals surface area (Å²) in [6.45, 7) is 1.90. The number of allylic oxidation sites excluding steroid dienone is 5. The second kappa shape index (κ2) is 6.53. The zero-order valence-electron chi connectivity index (χ0n) is 11.9. The standard InChI is InChI=1S/C16H21N3O/c1-12-6-5-9-19(14(10-12)11-17)16(20)15(18)13-7-3-2-4-8-13/h5-6,9-10,13,15H,2-4,7-8,18H2,1H3/t15-/m0/s1. The van der Waals surface area contributed by atoms with Crippen LogP contribution >= 0.6 is 0 Å². The van der Waals surface area contributed by atoms with E-state index in [0.717, 1.165) is 31.3 Å². The highest BCUT2D eigenvalue weighted by atomic mass is 16.2. The molecule has 0 aromatic heterocycles. The van der Waals surface area contributed by atoms with Gasteiger partial charge < -0.3 is 5.73 Å². The molecular weight excluding hydrogens is 250 g/mol. The fourth-order valence-corrected chi connectivity index (χ4v) is 2.83. The summed E-state index contributed by atoms with van der Waals surface area (Å²) in [6.07, 6.45) is 12.5. The fraction of sp³-hybridized carbons (Fsp3) is 0.500. The normalized spacial score (nSPS) is 21.6. The lowest BCUT2D eigenvalue weighted by Crippen LogP contribution is -2.46. The Morgan fingerprint density at radius 1 is 1.45 bits per heavy atom. The van der Waals surface area contributed by atoms with Crippen molar-refractivity contribution in [1.29, 1.82) is 5.26 Å². The van der Waals surface area contributed by atoms with Crippen LogP contribution in [-0.2, 0) is 4.79 Å². The zero-order chi connectivity index (χ0) is 14.5. The third-order valence-corrected chi connectivity index (χ3v) is 4.01. The Bertz CT molecular complexity index is 504. The second-order valence-corrected chi connectivity index (χ2v) is 5.53. The Balaban J connectivity index is 2.15. The van der Waals surface area contributed by atoms with Gasteiger partial charge in [0.15, 0.2) is 0 Å². The van der Waals surface area contributed by atoms with Crippen LogP contribution in [0.3, 0.4) is 0 Å². The van der Waals surface area contributed by atoms with Crippen LogP contribution in [0.15, 0.2) is 35.7 Å². The van der Waals surface area contributed by atoms with Crippen LogP contribution in [0.25, 0.3) is 0 Å². The topological polar surface area (TPSA) is 70.1 Å². The molecule has 2 aliphatic rings. The van der Waals surface area contributed by atoms with Gasteiger partial charge in [0.05, 0.1) is 6.04 Å². The molecule has 0 spiro atoms. The molecule has 0 bridgehead atoms. The number of hydrogen-bond acceptors (Lipinski definition) is 3. The minimum atomic E-state index is -0.518. The maximum absolute atomic E-state index is 12.6. The molecule has 0 unspecified atom stereocenters. The van der Waals surface area contributed by atoms with Gasteiger partial charge in [-0.3, -0.25) is 9.69 Å². The Labute approximate surface area is 120 Å². The van der Waals surface area contributed by atoms with Crippen LogP contribution in [0.5, 0.6) is 0 Å². The van der Waals surface area contributed by atoms with E-state index in [9.17, 15) is 10.1 Å². The molecule has 1 atom stereocenters. The SMILES string of the molecule is CC1=CC=CN(C(=O)[C@@H](N)C2CCCCC2)C(C#N)=C1. The number of carbonyl (C=O) groups excluding carboxylic acids is 1. The summed E-state index contributed by atoms with van der Waals surface area (Å²) in [4.78, 5) is 14.0. The van der Waals surface area contributed by atoms with E-state index in [0.29, 0.717) is 5.70 Å². The highest BCUT2D eigenvalue weighted by Gasteiger charge is 2.30. The van der Waals surface area contributed by atoms with E-state index in [1.807, 2.05) is 13.0 Å². The van der Waals surface area contributed by atoms with Crippen molar-refractivity contribution in [3.63, 3.8) is 0 Å². The van der Waals surface area contributed by atoms with E-state index in [-0.39, 0.29) is 11.8 Å². The fourth-order valence-electron chi connectivity index (χ4n) is 2.83. The maximum Gasteiger partial charge on any atom is 0.248 e. The number of hydrogen-bond donors (Lipinski definition) is 1. The Morgan fingerprint density at radius 2 is 2.15 bits per heavy atom. The van der Waals surface area contributed by atoms with Gasteiger partial charge in [-0.15, -0.1) is 0 Å². The van der Waals surface area contributed by atoms with Crippen LogP contribution in [0, 0.1) is 17.2 Å². The van der Waals surface area contributed by atoms with Crippen LogP contribution in [0.1, 0.15) is 39.0 Å². The molecule has 1 heterocycles. The number of nitrogens with zero attached hydrogens (tertiary/aromatic N) is 2. The summed E-state index contributed by atoms with van der Waals surface area (Å²) in [6, 6.07) is 1.56. The van der Waals surface area contributed by atoms with Crippen LogP contribution in [-0.4, -0.2) is 16.8 Å². The monoisotopic (exact) mass is 271 g/mol. The average Bonchev–Trinajstić information content (AvgIpc) is 2.67. The molecule has 0 aromatic rings. The molecule has 1 fully saturated rings. The van der Waals surface area contributed by atoms with Crippen LogP contribution in [0.4, 0.5) is 0 Å². The molecule has 1 aliphatic carbocycles. The molecule has 2 rings (SSSR count). The van der Waals surface area contributed by atoms with Gasteiger partial charge in [-0.2, -0.15) is 5.26 Å². The van der Waals surface area contributed by atoms with Crippen molar-refractivity contribution in [2.45, 2.75) is 45.1 Å².